The number of hydrogen-bond donors (Lipinski definition) is 0. The van der Waals surface area contributed by atoms with Crippen molar-refractivity contribution in [2.75, 3.05) is 12.0 Å². The van der Waals surface area contributed by atoms with Gasteiger partial charge in [-0.15, -0.1) is 0 Å². The molecule has 0 aromatic heterocycles. The van der Waals surface area contributed by atoms with Gasteiger partial charge in [0.2, 0.25) is 11.8 Å². The van der Waals surface area contributed by atoms with E-state index < -0.39 is 0 Å². The van der Waals surface area contributed by atoms with Gasteiger partial charge in [0.1, 0.15) is 5.75 Å². The molecule has 0 N–H and O–H groups in total. The highest BCUT2D eigenvalue weighted by atomic mass is 16.5. The normalized spacial score (nSPS) is 36.3. The van der Waals surface area contributed by atoms with Crippen LogP contribution in [0.4, 0.5) is 5.69 Å². The summed E-state index contributed by atoms with van der Waals surface area (Å²) in [5, 5.41) is 0. The third-order valence-corrected chi connectivity index (χ3v) is 6.18. The van der Waals surface area contributed by atoms with E-state index in [4.69, 9.17) is 4.74 Å². The zero-order valence-corrected chi connectivity index (χ0v) is 12.4. The fourth-order valence-corrected chi connectivity index (χ4v) is 5.06. The number of rotatable bonds is 2. The highest BCUT2D eigenvalue weighted by Gasteiger charge is 2.73. The standard InChI is InChI=1S/C18H17NO3/c1-22-11-4-2-10(3-5-11)19-16(20)14-12-6-7-13(15(14)17(19)21)18(12)8-9-18/h2-7,12-15H,8-9H2,1H3. The van der Waals surface area contributed by atoms with Gasteiger partial charge in [0.15, 0.2) is 0 Å². The molecule has 4 aliphatic rings. The molecule has 1 aliphatic heterocycles. The zero-order chi connectivity index (χ0) is 15.1. The summed E-state index contributed by atoms with van der Waals surface area (Å²) in [7, 11) is 1.60. The SMILES string of the molecule is COc1ccc(N2C(=O)C3C(C2=O)C2C=CC3C23CC3)cc1. The van der Waals surface area contributed by atoms with Crippen molar-refractivity contribution in [2.45, 2.75) is 12.8 Å². The first-order chi connectivity index (χ1) is 10.7. The lowest BCUT2D eigenvalue weighted by molar-refractivity contribution is -0.123. The van der Waals surface area contributed by atoms with E-state index in [0.29, 0.717) is 5.69 Å². The van der Waals surface area contributed by atoms with Gasteiger partial charge in [-0.25, -0.2) is 0 Å². The number of hydrogen-bond acceptors (Lipinski definition) is 3. The molecule has 3 aliphatic carbocycles. The number of carbonyl (C=O) groups is 2. The summed E-state index contributed by atoms with van der Waals surface area (Å²) in [5.41, 5.74) is 0.918. The van der Waals surface area contributed by atoms with Crippen LogP contribution in [0, 0.1) is 29.1 Å². The number of carbonyl (C=O) groups excluding carboxylic acids is 2. The van der Waals surface area contributed by atoms with E-state index in [1.54, 1.807) is 31.4 Å². The molecule has 1 saturated heterocycles. The maximum atomic E-state index is 12.9. The van der Waals surface area contributed by atoms with Crippen LogP contribution in [-0.2, 0) is 9.59 Å². The Kier molecular flexibility index (Phi) is 2.15. The minimum absolute atomic E-state index is 0.0108. The zero-order valence-electron chi connectivity index (χ0n) is 12.4. The number of nitrogens with zero attached hydrogens (tertiary/aromatic N) is 1. The van der Waals surface area contributed by atoms with Crippen molar-refractivity contribution in [3.05, 3.63) is 36.4 Å². The number of anilines is 1. The van der Waals surface area contributed by atoms with Gasteiger partial charge >= 0.3 is 0 Å². The van der Waals surface area contributed by atoms with E-state index in [1.807, 2.05) is 0 Å². The number of fused-ring (bicyclic) bond motifs is 3. The highest BCUT2D eigenvalue weighted by Crippen LogP contribution is 2.73. The predicted octanol–water partition coefficient (Wildman–Crippen LogP) is 2.40. The molecule has 3 fully saturated rings. The lowest BCUT2D eigenvalue weighted by atomic mass is 9.85. The molecule has 2 amide bonds. The monoisotopic (exact) mass is 295 g/mol. The number of benzene rings is 1. The first-order valence-electron chi connectivity index (χ1n) is 7.87. The van der Waals surface area contributed by atoms with Crippen LogP contribution in [0.2, 0.25) is 0 Å². The van der Waals surface area contributed by atoms with Gasteiger partial charge in [0, 0.05) is 0 Å². The summed E-state index contributed by atoms with van der Waals surface area (Å²) >= 11 is 0. The molecule has 2 bridgehead atoms. The number of allylic oxidation sites excluding steroid dienone is 2. The van der Waals surface area contributed by atoms with Gasteiger partial charge in [0.25, 0.3) is 0 Å². The van der Waals surface area contributed by atoms with Gasteiger partial charge in [-0.2, -0.15) is 0 Å². The summed E-state index contributed by atoms with van der Waals surface area (Å²) in [6.07, 6.45) is 6.74. The minimum atomic E-state index is -0.132. The Labute approximate surface area is 128 Å². The Balaban J connectivity index is 1.53. The molecular formula is C18H17NO3. The molecule has 1 aromatic rings. The average molecular weight is 295 g/mol. The first-order valence-corrected chi connectivity index (χ1v) is 7.87. The third-order valence-electron chi connectivity index (χ3n) is 6.18. The van der Waals surface area contributed by atoms with Crippen LogP contribution in [0.3, 0.4) is 0 Å². The van der Waals surface area contributed by atoms with Gasteiger partial charge < -0.3 is 4.74 Å². The molecule has 4 unspecified atom stereocenters. The van der Waals surface area contributed by atoms with Crippen molar-refractivity contribution in [1.82, 2.24) is 0 Å². The molecule has 22 heavy (non-hydrogen) atoms. The molecule has 112 valence electrons. The molecule has 1 aromatic carbocycles. The predicted molar refractivity (Wildman–Crippen MR) is 80.3 cm³/mol. The van der Waals surface area contributed by atoms with Crippen LogP contribution in [0.1, 0.15) is 12.8 Å². The van der Waals surface area contributed by atoms with E-state index in [-0.39, 0.29) is 40.9 Å². The number of amides is 2. The minimum Gasteiger partial charge on any atom is -0.497 e. The summed E-state index contributed by atoms with van der Waals surface area (Å²) in [5.74, 6) is 0.997. The highest BCUT2D eigenvalue weighted by molar-refractivity contribution is 6.23. The molecule has 4 atom stereocenters. The maximum Gasteiger partial charge on any atom is 0.238 e. The largest absolute Gasteiger partial charge is 0.497 e. The fraction of sp³-hybridized carbons (Fsp3) is 0.444. The van der Waals surface area contributed by atoms with Gasteiger partial charge in [-0.05, 0) is 54.4 Å². The molecule has 5 rings (SSSR count). The van der Waals surface area contributed by atoms with Crippen LogP contribution in [-0.4, -0.2) is 18.9 Å². The van der Waals surface area contributed by atoms with Gasteiger partial charge in [0.05, 0.1) is 24.6 Å². The van der Waals surface area contributed by atoms with Gasteiger partial charge in [-0.3, -0.25) is 14.5 Å². The number of methoxy groups -OCH3 is 1. The topological polar surface area (TPSA) is 46.6 Å². The molecule has 1 heterocycles. The van der Waals surface area contributed by atoms with E-state index >= 15 is 0 Å². The van der Waals surface area contributed by atoms with Crippen molar-refractivity contribution in [3.63, 3.8) is 0 Å². The molecule has 4 heteroatoms. The van der Waals surface area contributed by atoms with Crippen LogP contribution in [0.5, 0.6) is 5.75 Å². The van der Waals surface area contributed by atoms with Gasteiger partial charge in [-0.1, -0.05) is 12.2 Å². The second-order valence-electron chi connectivity index (χ2n) is 6.93. The van der Waals surface area contributed by atoms with Crippen molar-refractivity contribution in [1.29, 1.82) is 0 Å². The Morgan fingerprint density at radius 1 is 1.00 bits per heavy atom. The molecular weight excluding hydrogens is 278 g/mol. The molecule has 4 nitrogen and oxygen atoms in total. The lowest BCUT2D eigenvalue weighted by Gasteiger charge is -2.21. The summed E-state index contributed by atoms with van der Waals surface area (Å²) < 4.78 is 5.14. The van der Waals surface area contributed by atoms with Crippen molar-refractivity contribution < 1.29 is 14.3 Å². The molecule has 0 radical (unpaired) electrons. The van der Waals surface area contributed by atoms with Crippen molar-refractivity contribution in [3.8, 4) is 5.75 Å². The van der Waals surface area contributed by atoms with Crippen molar-refractivity contribution >= 4 is 17.5 Å². The van der Waals surface area contributed by atoms with E-state index in [1.165, 1.54) is 17.7 Å². The second-order valence-corrected chi connectivity index (χ2v) is 6.93. The fourth-order valence-electron chi connectivity index (χ4n) is 5.06. The van der Waals surface area contributed by atoms with Crippen LogP contribution in [0.15, 0.2) is 36.4 Å². The third kappa shape index (κ3) is 1.25. The molecule has 1 spiro atoms. The first kappa shape index (κ1) is 12.4. The van der Waals surface area contributed by atoms with Crippen LogP contribution < -0.4 is 9.64 Å². The maximum absolute atomic E-state index is 12.9. The summed E-state index contributed by atoms with van der Waals surface area (Å²) in [6, 6.07) is 7.16. The van der Waals surface area contributed by atoms with E-state index in [0.717, 1.165) is 5.75 Å². The lowest BCUT2D eigenvalue weighted by Crippen LogP contribution is -2.34. The van der Waals surface area contributed by atoms with Crippen LogP contribution in [0.25, 0.3) is 0 Å². The van der Waals surface area contributed by atoms with Crippen LogP contribution >= 0.6 is 0 Å². The van der Waals surface area contributed by atoms with E-state index in [9.17, 15) is 9.59 Å². The number of imide groups is 1. The van der Waals surface area contributed by atoms with Crippen molar-refractivity contribution in [2.24, 2.45) is 29.1 Å². The Bertz CT molecular complexity index is 682. The number of ether oxygens (including phenoxy) is 1. The average Bonchev–Trinajstić information content (AvgIpc) is 3.13. The Morgan fingerprint density at radius 2 is 1.55 bits per heavy atom. The smallest absolute Gasteiger partial charge is 0.238 e. The Morgan fingerprint density at radius 3 is 2.00 bits per heavy atom. The van der Waals surface area contributed by atoms with E-state index in [2.05, 4.69) is 12.2 Å². The summed E-state index contributed by atoms with van der Waals surface area (Å²) in [4.78, 5) is 27.2. The summed E-state index contributed by atoms with van der Waals surface area (Å²) in [6.45, 7) is 0. The Hall–Kier alpha value is -2.10. The second kappa shape index (κ2) is 3.80. The molecule has 2 saturated carbocycles. The quantitative estimate of drug-likeness (QED) is 0.622.